The van der Waals surface area contributed by atoms with Gasteiger partial charge >= 0.3 is 0 Å². The van der Waals surface area contributed by atoms with Gasteiger partial charge in [0, 0.05) is 9.65 Å². The van der Waals surface area contributed by atoms with Gasteiger partial charge in [0.05, 0.1) is 0 Å². The average Bonchev–Trinajstić information content (AvgIpc) is 1.92. The molecule has 0 fully saturated rings. The smallest absolute Gasteiger partial charge is 0.0450 e. The predicted octanol–water partition coefficient (Wildman–Crippen LogP) is 3.64. The second kappa shape index (κ2) is 4.55. The number of hydrogen-bond donors (Lipinski definition) is 0. The lowest BCUT2D eigenvalue weighted by molar-refractivity contribution is 0.662. The molecular formula is C8H12Br2. The van der Waals surface area contributed by atoms with Gasteiger partial charge in [0.1, 0.15) is 0 Å². The van der Waals surface area contributed by atoms with Gasteiger partial charge in [-0.1, -0.05) is 50.4 Å². The van der Waals surface area contributed by atoms with Crippen LogP contribution >= 0.6 is 31.9 Å². The molecule has 0 bridgehead atoms. The van der Waals surface area contributed by atoms with E-state index in [9.17, 15) is 0 Å². The summed E-state index contributed by atoms with van der Waals surface area (Å²) in [6.07, 6.45) is 9.76. The van der Waals surface area contributed by atoms with Crippen molar-refractivity contribution in [1.29, 1.82) is 0 Å². The van der Waals surface area contributed by atoms with Gasteiger partial charge < -0.3 is 0 Å². The Bertz CT molecular complexity index is 120. The van der Waals surface area contributed by atoms with Crippen molar-refractivity contribution in [2.24, 2.45) is 0 Å². The van der Waals surface area contributed by atoms with Crippen molar-refractivity contribution in [3.63, 3.8) is 0 Å². The molecule has 1 aliphatic rings. The molecule has 0 heterocycles. The summed E-state index contributed by atoms with van der Waals surface area (Å²) in [5.74, 6) is 0. The lowest BCUT2D eigenvalue weighted by Crippen LogP contribution is -2.12. The minimum atomic E-state index is 0.535. The van der Waals surface area contributed by atoms with Crippen molar-refractivity contribution >= 4 is 31.9 Å². The van der Waals surface area contributed by atoms with Gasteiger partial charge in [-0.25, -0.2) is 0 Å². The first-order valence-electron chi connectivity index (χ1n) is 3.75. The van der Waals surface area contributed by atoms with Crippen LogP contribution in [0.4, 0.5) is 0 Å². The van der Waals surface area contributed by atoms with Gasteiger partial charge in [-0.2, -0.15) is 0 Å². The van der Waals surface area contributed by atoms with Crippen molar-refractivity contribution in [2.45, 2.75) is 35.3 Å². The van der Waals surface area contributed by atoms with Crippen LogP contribution < -0.4 is 0 Å². The summed E-state index contributed by atoms with van der Waals surface area (Å²) in [7, 11) is 0. The summed E-state index contributed by atoms with van der Waals surface area (Å²) in [6, 6.07) is 0. The monoisotopic (exact) mass is 266 g/mol. The van der Waals surface area contributed by atoms with E-state index in [4.69, 9.17) is 0 Å². The fraction of sp³-hybridized carbons (Fsp3) is 0.750. The summed E-state index contributed by atoms with van der Waals surface area (Å²) >= 11 is 7.24. The molecule has 10 heavy (non-hydrogen) atoms. The quantitative estimate of drug-likeness (QED) is 0.464. The normalized spacial score (nSPS) is 38.2. The SMILES string of the molecule is BrC1/C=C\CCCCC1Br. The third kappa shape index (κ3) is 2.75. The molecule has 0 aromatic heterocycles. The maximum absolute atomic E-state index is 3.64. The molecule has 0 spiro atoms. The molecule has 0 saturated heterocycles. The second-order valence-corrected chi connectivity index (χ2v) is 4.91. The zero-order valence-corrected chi connectivity index (χ0v) is 9.07. The Labute approximate surface area is 79.3 Å². The lowest BCUT2D eigenvalue weighted by atomic mass is 10.1. The van der Waals surface area contributed by atoms with Crippen molar-refractivity contribution in [3.8, 4) is 0 Å². The van der Waals surface area contributed by atoms with Gasteiger partial charge in [0.25, 0.3) is 0 Å². The Morgan fingerprint density at radius 1 is 1.20 bits per heavy atom. The topological polar surface area (TPSA) is 0 Å². The highest BCUT2D eigenvalue weighted by atomic mass is 79.9. The van der Waals surface area contributed by atoms with E-state index < -0.39 is 0 Å². The maximum atomic E-state index is 3.64. The van der Waals surface area contributed by atoms with Crippen molar-refractivity contribution in [3.05, 3.63) is 12.2 Å². The molecule has 0 nitrogen and oxygen atoms in total. The van der Waals surface area contributed by atoms with Crippen LogP contribution in [0.5, 0.6) is 0 Å². The molecule has 0 radical (unpaired) electrons. The first-order valence-corrected chi connectivity index (χ1v) is 5.58. The molecule has 0 aromatic rings. The third-order valence-electron chi connectivity index (χ3n) is 1.77. The van der Waals surface area contributed by atoms with Crippen molar-refractivity contribution < 1.29 is 0 Å². The molecule has 0 amide bonds. The van der Waals surface area contributed by atoms with Crippen LogP contribution in [-0.4, -0.2) is 9.65 Å². The number of halogens is 2. The van der Waals surface area contributed by atoms with Gasteiger partial charge in [0.2, 0.25) is 0 Å². The minimum absolute atomic E-state index is 0.535. The zero-order chi connectivity index (χ0) is 7.40. The number of alkyl halides is 2. The molecule has 0 aromatic carbocycles. The Morgan fingerprint density at radius 2 is 2.00 bits per heavy atom. The first kappa shape index (κ1) is 8.79. The van der Waals surface area contributed by atoms with E-state index in [1.54, 1.807) is 0 Å². The van der Waals surface area contributed by atoms with E-state index in [-0.39, 0.29) is 0 Å². The third-order valence-corrected chi connectivity index (χ3v) is 4.45. The molecular weight excluding hydrogens is 256 g/mol. The fourth-order valence-electron chi connectivity index (χ4n) is 1.11. The molecule has 0 aliphatic heterocycles. The summed E-state index contributed by atoms with van der Waals surface area (Å²) in [6.45, 7) is 0. The largest absolute Gasteiger partial charge is 0.0875 e. The molecule has 1 aliphatic carbocycles. The molecule has 0 N–H and O–H groups in total. The lowest BCUT2D eigenvalue weighted by Gasteiger charge is -2.14. The van der Waals surface area contributed by atoms with Crippen molar-refractivity contribution in [1.82, 2.24) is 0 Å². The van der Waals surface area contributed by atoms with Crippen LogP contribution in [0.2, 0.25) is 0 Å². The molecule has 1 rings (SSSR count). The van der Waals surface area contributed by atoms with E-state index in [1.807, 2.05) is 0 Å². The maximum Gasteiger partial charge on any atom is 0.0450 e. The Hall–Kier alpha value is 0.700. The zero-order valence-electron chi connectivity index (χ0n) is 5.89. The first-order chi connectivity index (χ1) is 4.80. The Kier molecular flexibility index (Phi) is 4.00. The van der Waals surface area contributed by atoms with Crippen LogP contribution in [-0.2, 0) is 0 Å². The molecule has 2 unspecified atom stereocenters. The minimum Gasteiger partial charge on any atom is -0.0875 e. The van der Waals surface area contributed by atoms with Crippen molar-refractivity contribution in [2.75, 3.05) is 0 Å². The van der Waals surface area contributed by atoms with Gasteiger partial charge in [-0.3, -0.25) is 0 Å². The molecule has 2 heteroatoms. The highest BCUT2D eigenvalue weighted by Gasteiger charge is 2.12. The summed E-state index contributed by atoms with van der Waals surface area (Å²) in [5.41, 5.74) is 0. The molecule has 58 valence electrons. The van der Waals surface area contributed by atoms with Gasteiger partial charge in [0.15, 0.2) is 0 Å². The summed E-state index contributed by atoms with van der Waals surface area (Å²) < 4.78 is 0. The molecule has 0 saturated carbocycles. The predicted molar refractivity (Wildman–Crippen MR) is 53.0 cm³/mol. The van der Waals surface area contributed by atoms with Crippen LogP contribution in [0, 0.1) is 0 Å². The van der Waals surface area contributed by atoms with Gasteiger partial charge in [-0.15, -0.1) is 0 Å². The average molecular weight is 268 g/mol. The van der Waals surface area contributed by atoms with E-state index in [2.05, 4.69) is 44.0 Å². The number of hydrogen-bond acceptors (Lipinski definition) is 0. The number of rotatable bonds is 0. The van der Waals surface area contributed by atoms with Crippen LogP contribution in [0.15, 0.2) is 12.2 Å². The van der Waals surface area contributed by atoms with E-state index in [0.717, 1.165) is 0 Å². The summed E-state index contributed by atoms with van der Waals surface area (Å²) in [5, 5.41) is 0. The standard InChI is InChI=1S/C8H12Br2/c9-7-5-3-1-2-4-6-8(7)10/h3,5,7-8H,1-2,4,6H2/b5-3-. The number of allylic oxidation sites excluding steroid dienone is 2. The summed E-state index contributed by atoms with van der Waals surface area (Å²) in [4.78, 5) is 1.16. The second-order valence-electron chi connectivity index (χ2n) is 2.67. The highest BCUT2D eigenvalue weighted by molar-refractivity contribution is 9.12. The van der Waals surface area contributed by atoms with Crippen LogP contribution in [0.1, 0.15) is 25.7 Å². The van der Waals surface area contributed by atoms with Crippen LogP contribution in [0.3, 0.4) is 0 Å². The Morgan fingerprint density at radius 3 is 2.80 bits per heavy atom. The highest BCUT2D eigenvalue weighted by Crippen LogP contribution is 2.23. The van der Waals surface area contributed by atoms with E-state index in [0.29, 0.717) is 9.65 Å². The van der Waals surface area contributed by atoms with Gasteiger partial charge in [-0.05, 0) is 19.3 Å². The molecule has 2 atom stereocenters. The Balaban J connectivity index is 2.44. The van der Waals surface area contributed by atoms with E-state index >= 15 is 0 Å². The fourth-order valence-corrected chi connectivity index (χ4v) is 2.09. The van der Waals surface area contributed by atoms with Crippen LogP contribution in [0.25, 0.3) is 0 Å². The van der Waals surface area contributed by atoms with E-state index in [1.165, 1.54) is 25.7 Å².